The van der Waals surface area contributed by atoms with Gasteiger partial charge in [0, 0.05) is 13.1 Å². The van der Waals surface area contributed by atoms with Crippen LogP contribution in [0.15, 0.2) is 12.8 Å². The van der Waals surface area contributed by atoms with E-state index in [1.54, 1.807) is 6.20 Å². The molecule has 0 aliphatic rings. The van der Waals surface area contributed by atoms with E-state index in [1.165, 1.54) is 0 Å². The lowest BCUT2D eigenvalue weighted by atomic mass is 10.3. The zero-order chi connectivity index (χ0) is 8.69. The Labute approximate surface area is 67.7 Å². The summed E-state index contributed by atoms with van der Waals surface area (Å²) in [5.74, 6) is 0. The van der Waals surface area contributed by atoms with Crippen molar-refractivity contribution < 1.29 is 5.11 Å². The summed E-state index contributed by atoms with van der Waals surface area (Å²) >= 11 is 0. The third-order valence-electron chi connectivity index (χ3n) is 1.34. The number of hydrogen-bond acceptors (Lipinski definition) is 4. The molecule has 0 aromatic rings. The van der Waals surface area contributed by atoms with Crippen molar-refractivity contribution in [3.63, 3.8) is 0 Å². The minimum absolute atomic E-state index is 0.286. The van der Waals surface area contributed by atoms with Crippen LogP contribution < -0.4 is 11.1 Å². The number of nitrogens with zero attached hydrogens (tertiary/aromatic N) is 1. The molecule has 0 heterocycles. The van der Waals surface area contributed by atoms with Crippen molar-refractivity contribution in [1.29, 1.82) is 0 Å². The van der Waals surface area contributed by atoms with E-state index >= 15 is 0 Å². The number of nitrogens with two attached hydrogens (primary N) is 1. The molecule has 4 nitrogen and oxygen atoms in total. The average Bonchev–Trinajstić information content (AvgIpc) is 2.03. The monoisotopic (exact) mass is 159 g/mol. The fourth-order valence-electron chi connectivity index (χ4n) is 0.752. The Morgan fingerprint density at radius 3 is 2.82 bits per heavy atom. The van der Waals surface area contributed by atoms with E-state index in [2.05, 4.69) is 11.9 Å². The van der Waals surface area contributed by atoms with Crippen LogP contribution >= 0.6 is 0 Å². The summed E-state index contributed by atoms with van der Waals surface area (Å²) in [5.41, 5.74) is 5.24. The molecule has 0 aromatic carbocycles. The Morgan fingerprint density at radius 1 is 1.82 bits per heavy atom. The van der Waals surface area contributed by atoms with Gasteiger partial charge in [0.2, 0.25) is 0 Å². The van der Waals surface area contributed by atoms with Gasteiger partial charge in [-0.05, 0) is 13.2 Å². The van der Waals surface area contributed by atoms with Gasteiger partial charge in [-0.3, -0.25) is 0 Å². The van der Waals surface area contributed by atoms with E-state index < -0.39 is 6.10 Å². The van der Waals surface area contributed by atoms with Crippen LogP contribution in [0.3, 0.4) is 0 Å². The SMILES string of the molecule is C=CN(CNC)CC(O)CN. The largest absolute Gasteiger partial charge is 0.390 e. The summed E-state index contributed by atoms with van der Waals surface area (Å²) in [6.07, 6.45) is 1.20. The van der Waals surface area contributed by atoms with Gasteiger partial charge in [0.05, 0.1) is 12.8 Å². The van der Waals surface area contributed by atoms with Crippen LogP contribution in [-0.2, 0) is 0 Å². The molecule has 4 N–H and O–H groups in total. The minimum atomic E-state index is -0.471. The van der Waals surface area contributed by atoms with E-state index in [-0.39, 0.29) is 6.54 Å². The number of nitrogens with one attached hydrogen (secondary N) is 1. The summed E-state index contributed by atoms with van der Waals surface area (Å²) < 4.78 is 0. The predicted molar refractivity (Wildman–Crippen MR) is 45.9 cm³/mol. The molecule has 0 aliphatic heterocycles. The maximum Gasteiger partial charge on any atom is 0.0837 e. The van der Waals surface area contributed by atoms with Crippen molar-refractivity contribution in [2.45, 2.75) is 6.10 Å². The van der Waals surface area contributed by atoms with Gasteiger partial charge in [-0.15, -0.1) is 0 Å². The molecule has 4 heteroatoms. The van der Waals surface area contributed by atoms with E-state index in [0.717, 1.165) is 0 Å². The smallest absolute Gasteiger partial charge is 0.0837 e. The van der Waals surface area contributed by atoms with Crippen LogP contribution in [0.5, 0.6) is 0 Å². The molecule has 0 fully saturated rings. The van der Waals surface area contributed by atoms with Gasteiger partial charge < -0.3 is 21.1 Å². The molecule has 0 radical (unpaired) electrons. The molecule has 0 aliphatic carbocycles. The Morgan fingerprint density at radius 2 is 2.45 bits per heavy atom. The zero-order valence-corrected chi connectivity index (χ0v) is 6.95. The van der Waals surface area contributed by atoms with Gasteiger partial charge in [0.25, 0.3) is 0 Å². The first-order valence-corrected chi connectivity index (χ1v) is 3.64. The maximum atomic E-state index is 9.14. The van der Waals surface area contributed by atoms with Crippen LogP contribution in [0.1, 0.15) is 0 Å². The van der Waals surface area contributed by atoms with Crippen molar-refractivity contribution in [1.82, 2.24) is 10.2 Å². The Bertz CT molecular complexity index is 108. The Kier molecular flexibility index (Phi) is 5.83. The molecule has 66 valence electrons. The number of rotatable bonds is 6. The first-order chi connectivity index (χ1) is 5.24. The highest BCUT2D eigenvalue weighted by molar-refractivity contribution is 4.73. The third kappa shape index (κ3) is 4.78. The maximum absolute atomic E-state index is 9.14. The highest BCUT2D eigenvalue weighted by Gasteiger charge is 2.04. The van der Waals surface area contributed by atoms with Crippen molar-refractivity contribution >= 4 is 0 Å². The Hall–Kier alpha value is -0.580. The molecule has 0 aromatic heterocycles. The summed E-state index contributed by atoms with van der Waals surface area (Å²) in [6, 6.07) is 0. The van der Waals surface area contributed by atoms with Crippen LogP contribution in [-0.4, -0.2) is 42.9 Å². The fraction of sp³-hybridized carbons (Fsp3) is 0.714. The fourth-order valence-corrected chi connectivity index (χ4v) is 0.752. The van der Waals surface area contributed by atoms with Crippen molar-refractivity contribution in [3.05, 3.63) is 12.8 Å². The average molecular weight is 159 g/mol. The van der Waals surface area contributed by atoms with E-state index in [4.69, 9.17) is 10.8 Å². The predicted octanol–water partition coefficient (Wildman–Crippen LogP) is -1.07. The molecule has 0 rings (SSSR count). The second-order valence-electron chi connectivity index (χ2n) is 2.36. The van der Waals surface area contributed by atoms with Crippen LogP contribution in [0, 0.1) is 0 Å². The van der Waals surface area contributed by atoms with Gasteiger partial charge in [-0.25, -0.2) is 0 Å². The van der Waals surface area contributed by atoms with Crippen LogP contribution in [0.4, 0.5) is 0 Å². The van der Waals surface area contributed by atoms with Crippen LogP contribution in [0.2, 0.25) is 0 Å². The quantitative estimate of drug-likeness (QED) is 0.432. The second kappa shape index (κ2) is 6.15. The highest BCUT2D eigenvalue weighted by Crippen LogP contribution is 1.89. The van der Waals surface area contributed by atoms with Gasteiger partial charge in [-0.2, -0.15) is 0 Å². The van der Waals surface area contributed by atoms with Crippen molar-refractivity contribution in [2.75, 3.05) is 26.8 Å². The molecule has 1 atom stereocenters. The molecule has 11 heavy (non-hydrogen) atoms. The molecule has 0 amide bonds. The van der Waals surface area contributed by atoms with Gasteiger partial charge in [0.15, 0.2) is 0 Å². The number of hydrogen-bond donors (Lipinski definition) is 3. The molecular formula is C7H17N3O. The molecule has 0 spiro atoms. The number of aliphatic hydroxyl groups excluding tert-OH is 1. The van der Waals surface area contributed by atoms with Crippen LogP contribution in [0.25, 0.3) is 0 Å². The topological polar surface area (TPSA) is 61.5 Å². The van der Waals surface area contributed by atoms with Gasteiger partial charge in [0.1, 0.15) is 0 Å². The highest BCUT2D eigenvalue weighted by atomic mass is 16.3. The lowest BCUT2D eigenvalue weighted by molar-refractivity contribution is 0.139. The standard InChI is InChI=1S/C7H17N3O/c1-3-10(6-9-2)5-7(11)4-8/h3,7,9,11H,1,4-6,8H2,2H3. The second-order valence-corrected chi connectivity index (χ2v) is 2.36. The first-order valence-electron chi connectivity index (χ1n) is 3.64. The Balaban J connectivity index is 3.58. The molecule has 1 unspecified atom stereocenters. The normalized spacial score (nSPS) is 12.6. The zero-order valence-electron chi connectivity index (χ0n) is 6.95. The summed E-state index contributed by atoms with van der Waals surface area (Å²) in [7, 11) is 1.84. The molecule has 0 saturated heterocycles. The number of aliphatic hydroxyl groups is 1. The molecular weight excluding hydrogens is 142 g/mol. The van der Waals surface area contributed by atoms with Crippen molar-refractivity contribution in [3.8, 4) is 0 Å². The summed E-state index contributed by atoms with van der Waals surface area (Å²) in [6.45, 7) is 5.10. The molecule has 0 saturated carbocycles. The minimum Gasteiger partial charge on any atom is -0.390 e. The van der Waals surface area contributed by atoms with E-state index in [1.807, 2.05) is 11.9 Å². The van der Waals surface area contributed by atoms with Gasteiger partial charge >= 0.3 is 0 Å². The third-order valence-corrected chi connectivity index (χ3v) is 1.34. The van der Waals surface area contributed by atoms with E-state index in [9.17, 15) is 0 Å². The first kappa shape index (κ1) is 10.4. The lowest BCUT2D eigenvalue weighted by Crippen LogP contribution is -2.37. The van der Waals surface area contributed by atoms with Crippen molar-refractivity contribution in [2.24, 2.45) is 5.73 Å². The van der Waals surface area contributed by atoms with E-state index in [0.29, 0.717) is 13.2 Å². The summed E-state index contributed by atoms with van der Waals surface area (Å²) in [4.78, 5) is 1.86. The van der Waals surface area contributed by atoms with Gasteiger partial charge in [-0.1, -0.05) is 6.58 Å². The molecule has 0 bridgehead atoms. The lowest BCUT2D eigenvalue weighted by Gasteiger charge is -2.21. The summed E-state index contributed by atoms with van der Waals surface area (Å²) in [5, 5.41) is 12.1.